The van der Waals surface area contributed by atoms with Crippen molar-refractivity contribution in [1.82, 2.24) is 5.32 Å². The molecule has 0 atom stereocenters. The second-order valence-electron chi connectivity index (χ2n) is 3.85. The molecule has 0 aliphatic rings. The summed E-state index contributed by atoms with van der Waals surface area (Å²) in [5.41, 5.74) is -0.605. The SMILES string of the molecule is CC(CO)(CO)NC(=O)c1ccccc1S. The van der Waals surface area contributed by atoms with Crippen LogP contribution in [0.5, 0.6) is 0 Å². The number of hydrogen-bond donors (Lipinski definition) is 4. The molecule has 1 aromatic carbocycles. The number of benzene rings is 1. The summed E-state index contributed by atoms with van der Waals surface area (Å²) in [7, 11) is 0. The van der Waals surface area contributed by atoms with Crippen molar-refractivity contribution in [2.24, 2.45) is 0 Å². The van der Waals surface area contributed by atoms with Crippen LogP contribution in [0.4, 0.5) is 0 Å². The summed E-state index contributed by atoms with van der Waals surface area (Å²) in [6.07, 6.45) is 0. The number of thiol groups is 1. The van der Waals surface area contributed by atoms with Crippen LogP contribution in [0, 0.1) is 0 Å². The average molecular weight is 241 g/mol. The number of aliphatic hydroxyl groups excluding tert-OH is 2. The summed E-state index contributed by atoms with van der Waals surface area (Å²) in [5.74, 6) is -0.365. The molecule has 1 rings (SSSR count). The number of rotatable bonds is 4. The maximum Gasteiger partial charge on any atom is 0.252 e. The maximum absolute atomic E-state index is 11.8. The molecule has 0 spiro atoms. The van der Waals surface area contributed by atoms with E-state index in [2.05, 4.69) is 17.9 Å². The van der Waals surface area contributed by atoms with Gasteiger partial charge in [-0.05, 0) is 19.1 Å². The summed E-state index contributed by atoms with van der Waals surface area (Å²) < 4.78 is 0. The van der Waals surface area contributed by atoms with Gasteiger partial charge in [-0.3, -0.25) is 4.79 Å². The Kier molecular flexibility index (Phi) is 4.35. The normalized spacial score (nSPS) is 11.2. The van der Waals surface area contributed by atoms with Crippen LogP contribution in [0.25, 0.3) is 0 Å². The van der Waals surface area contributed by atoms with E-state index in [4.69, 9.17) is 10.2 Å². The van der Waals surface area contributed by atoms with Crippen LogP contribution in [0.15, 0.2) is 29.2 Å². The third kappa shape index (κ3) is 2.98. The molecular weight excluding hydrogens is 226 g/mol. The monoisotopic (exact) mass is 241 g/mol. The molecule has 88 valence electrons. The van der Waals surface area contributed by atoms with Crippen molar-refractivity contribution in [3.05, 3.63) is 29.8 Å². The minimum absolute atomic E-state index is 0.329. The third-order valence-electron chi connectivity index (χ3n) is 2.26. The molecule has 5 heteroatoms. The Labute approximate surface area is 99.7 Å². The van der Waals surface area contributed by atoms with Crippen molar-refractivity contribution in [3.63, 3.8) is 0 Å². The number of nitrogens with one attached hydrogen (secondary N) is 1. The highest BCUT2D eigenvalue weighted by Gasteiger charge is 2.25. The van der Waals surface area contributed by atoms with Gasteiger partial charge < -0.3 is 15.5 Å². The van der Waals surface area contributed by atoms with Crippen molar-refractivity contribution < 1.29 is 15.0 Å². The highest BCUT2D eigenvalue weighted by molar-refractivity contribution is 7.80. The molecule has 0 aromatic heterocycles. The van der Waals surface area contributed by atoms with E-state index in [0.717, 1.165) is 0 Å². The van der Waals surface area contributed by atoms with E-state index in [1.165, 1.54) is 0 Å². The van der Waals surface area contributed by atoms with Gasteiger partial charge >= 0.3 is 0 Å². The topological polar surface area (TPSA) is 69.6 Å². The fourth-order valence-electron chi connectivity index (χ4n) is 1.14. The average Bonchev–Trinajstić information content (AvgIpc) is 2.29. The first-order valence-electron chi connectivity index (χ1n) is 4.84. The second-order valence-corrected chi connectivity index (χ2v) is 4.33. The molecule has 0 saturated carbocycles. The standard InChI is InChI=1S/C11H15NO3S/c1-11(6-13,7-14)12-10(15)8-4-2-3-5-9(8)16/h2-5,13-14,16H,6-7H2,1H3,(H,12,15). The number of hydrogen-bond acceptors (Lipinski definition) is 4. The molecule has 0 unspecified atom stereocenters. The Hall–Kier alpha value is -1.04. The van der Waals surface area contributed by atoms with Gasteiger partial charge in [0.15, 0.2) is 0 Å². The molecule has 1 aromatic rings. The lowest BCUT2D eigenvalue weighted by molar-refractivity contribution is 0.0721. The smallest absolute Gasteiger partial charge is 0.252 e. The van der Waals surface area contributed by atoms with Crippen LogP contribution in [-0.4, -0.2) is 34.9 Å². The Morgan fingerprint density at radius 2 is 1.94 bits per heavy atom. The molecule has 4 nitrogen and oxygen atoms in total. The van der Waals surface area contributed by atoms with Gasteiger partial charge in [-0.15, -0.1) is 12.6 Å². The summed E-state index contributed by atoms with van der Waals surface area (Å²) >= 11 is 4.16. The largest absolute Gasteiger partial charge is 0.394 e. The van der Waals surface area contributed by atoms with Crippen LogP contribution >= 0.6 is 12.6 Å². The van der Waals surface area contributed by atoms with Crippen molar-refractivity contribution >= 4 is 18.5 Å². The van der Waals surface area contributed by atoms with E-state index in [0.29, 0.717) is 10.5 Å². The lowest BCUT2D eigenvalue weighted by Gasteiger charge is -2.26. The van der Waals surface area contributed by atoms with Crippen molar-refractivity contribution in [1.29, 1.82) is 0 Å². The Balaban J connectivity index is 2.84. The number of carbonyl (C=O) groups is 1. The van der Waals surface area contributed by atoms with Crippen molar-refractivity contribution in [2.45, 2.75) is 17.4 Å². The van der Waals surface area contributed by atoms with Gasteiger partial charge in [0.2, 0.25) is 0 Å². The number of aliphatic hydroxyl groups is 2. The lowest BCUT2D eigenvalue weighted by atomic mass is 10.0. The zero-order chi connectivity index (χ0) is 12.2. The van der Waals surface area contributed by atoms with E-state index in [9.17, 15) is 4.79 Å². The first-order valence-corrected chi connectivity index (χ1v) is 5.29. The summed E-state index contributed by atoms with van der Waals surface area (Å²) in [6.45, 7) is 0.903. The van der Waals surface area contributed by atoms with Gasteiger partial charge in [0.25, 0.3) is 5.91 Å². The van der Waals surface area contributed by atoms with E-state index >= 15 is 0 Å². The quantitative estimate of drug-likeness (QED) is 0.578. The Morgan fingerprint density at radius 3 is 2.44 bits per heavy atom. The lowest BCUT2D eigenvalue weighted by Crippen LogP contribution is -2.51. The molecule has 0 aliphatic heterocycles. The second kappa shape index (κ2) is 5.34. The summed E-state index contributed by atoms with van der Waals surface area (Å²) in [5, 5.41) is 20.7. The molecule has 16 heavy (non-hydrogen) atoms. The minimum Gasteiger partial charge on any atom is -0.394 e. The van der Waals surface area contributed by atoms with Crippen LogP contribution in [-0.2, 0) is 0 Å². The molecule has 3 N–H and O–H groups in total. The van der Waals surface area contributed by atoms with Gasteiger partial charge in [-0.1, -0.05) is 12.1 Å². The molecular formula is C11H15NO3S. The third-order valence-corrected chi connectivity index (χ3v) is 2.65. The molecule has 0 heterocycles. The van der Waals surface area contributed by atoms with E-state index < -0.39 is 5.54 Å². The zero-order valence-corrected chi connectivity index (χ0v) is 9.87. The predicted molar refractivity (Wildman–Crippen MR) is 63.7 cm³/mol. The summed E-state index contributed by atoms with van der Waals surface area (Å²) in [6, 6.07) is 6.83. The number of amides is 1. The number of carbonyl (C=O) groups excluding carboxylic acids is 1. The van der Waals surface area contributed by atoms with Crippen LogP contribution in [0.1, 0.15) is 17.3 Å². The predicted octanol–water partition coefficient (Wildman–Crippen LogP) is 0.448. The fourth-order valence-corrected chi connectivity index (χ4v) is 1.40. The van der Waals surface area contributed by atoms with Crippen LogP contribution in [0.3, 0.4) is 0 Å². The van der Waals surface area contributed by atoms with Crippen molar-refractivity contribution in [3.8, 4) is 0 Å². The van der Waals surface area contributed by atoms with E-state index in [1.54, 1.807) is 31.2 Å². The zero-order valence-electron chi connectivity index (χ0n) is 8.97. The van der Waals surface area contributed by atoms with Gasteiger partial charge in [-0.25, -0.2) is 0 Å². The molecule has 0 radical (unpaired) electrons. The molecule has 0 aliphatic carbocycles. The molecule has 0 bridgehead atoms. The van der Waals surface area contributed by atoms with Gasteiger partial charge in [0.05, 0.1) is 24.3 Å². The first-order chi connectivity index (χ1) is 7.52. The first kappa shape index (κ1) is 13.0. The van der Waals surface area contributed by atoms with Gasteiger partial charge in [0, 0.05) is 4.90 Å². The van der Waals surface area contributed by atoms with Crippen molar-refractivity contribution in [2.75, 3.05) is 13.2 Å². The highest BCUT2D eigenvalue weighted by Crippen LogP contribution is 2.14. The molecule has 1 amide bonds. The molecule has 0 saturated heterocycles. The van der Waals surface area contributed by atoms with Gasteiger partial charge in [-0.2, -0.15) is 0 Å². The Morgan fingerprint density at radius 1 is 1.38 bits per heavy atom. The van der Waals surface area contributed by atoms with Crippen LogP contribution < -0.4 is 5.32 Å². The Bertz CT molecular complexity index is 377. The highest BCUT2D eigenvalue weighted by atomic mass is 32.1. The van der Waals surface area contributed by atoms with Crippen LogP contribution in [0.2, 0.25) is 0 Å². The molecule has 0 fully saturated rings. The maximum atomic E-state index is 11.8. The van der Waals surface area contributed by atoms with Gasteiger partial charge in [0.1, 0.15) is 0 Å². The van der Waals surface area contributed by atoms with E-state index in [-0.39, 0.29) is 19.1 Å². The fraction of sp³-hybridized carbons (Fsp3) is 0.364. The summed E-state index contributed by atoms with van der Waals surface area (Å²) in [4.78, 5) is 12.4. The minimum atomic E-state index is -1.02. The van der Waals surface area contributed by atoms with E-state index in [1.807, 2.05) is 0 Å².